The van der Waals surface area contributed by atoms with Crippen molar-refractivity contribution in [3.05, 3.63) is 290 Å². The number of hydrogen-bond acceptors (Lipinski definition) is 14. The normalized spacial score (nSPS) is 12.3. The van der Waals surface area contributed by atoms with Crippen molar-refractivity contribution < 1.29 is 20.4 Å². The smallest absolute Gasteiger partial charge is 0.143 e. The van der Waals surface area contributed by atoms with Crippen LogP contribution in [0.4, 0.5) is 45.5 Å². The predicted molar refractivity (Wildman–Crippen MR) is 400 cm³/mol. The fraction of sp³-hybridized carbons (Fsp3) is 0. The molecule has 3 aromatic heterocycles. The summed E-state index contributed by atoms with van der Waals surface area (Å²) in [4.78, 5) is 18.8. The average molecular weight is 1300 g/mol. The lowest BCUT2D eigenvalue weighted by molar-refractivity contribution is 0.476. The Labute approximate surface area is 570 Å². The Kier molecular flexibility index (Phi) is 15.0. The summed E-state index contributed by atoms with van der Waals surface area (Å²) in [5.41, 5.74) is 16.1. The van der Waals surface area contributed by atoms with E-state index in [1.807, 2.05) is 243 Å². The van der Waals surface area contributed by atoms with E-state index < -0.39 is 0 Å². The van der Waals surface area contributed by atoms with Crippen molar-refractivity contribution in [2.24, 2.45) is 40.9 Å². The molecule has 16 nitrogen and oxygen atoms in total. The van der Waals surface area contributed by atoms with Gasteiger partial charge < -0.3 is 30.4 Å². The van der Waals surface area contributed by atoms with Crippen molar-refractivity contribution in [1.82, 2.24) is 19.9 Å². The van der Waals surface area contributed by atoms with Crippen LogP contribution in [0.5, 0.6) is 23.0 Å². The van der Waals surface area contributed by atoms with E-state index >= 15 is 0 Å². The number of phenolic OH excluding ortho intramolecular Hbond substituents is 4. The number of rotatable bonds is 12. The highest BCUT2D eigenvalue weighted by molar-refractivity contribution is 6.02. The molecule has 8 bridgehead atoms. The zero-order chi connectivity index (χ0) is 67.2. The van der Waals surface area contributed by atoms with Gasteiger partial charge in [0.05, 0.1) is 45.5 Å². The molecule has 0 spiro atoms. The first-order chi connectivity index (χ1) is 49.2. The van der Waals surface area contributed by atoms with Crippen LogP contribution in [0.3, 0.4) is 0 Å². The Morgan fingerprint density at radius 2 is 0.440 bits per heavy atom. The summed E-state index contributed by atoms with van der Waals surface area (Å²) in [6.07, 6.45) is 8.12. The predicted octanol–water partition coefficient (Wildman–Crippen LogP) is 24.4. The maximum absolute atomic E-state index is 11.0. The maximum atomic E-state index is 11.0. The van der Waals surface area contributed by atoms with Crippen LogP contribution in [-0.2, 0) is 0 Å². The van der Waals surface area contributed by atoms with Crippen LogP contribution >= 0.6 is 0 Å². The van der Waals surface area contributed by atoms with E-state index in [2.05, 4.69) is 75.1 Å². The lowest BCUT2D eigenvalue weighted by Crippen LogP contribution is -1.89. The van der Waals surface area contributed by atoms with Gasteiger partial charge in [-0.2, -0.15) is 20.5 Å². The Morgan fingerprint density at radius 1 is 0.220 bits per heavy atom. The number of azo groups is 4. The van der Waals surface area contributed by atoms with Crippen molar-refractivity contribution >= 4 is 135 Å². The number of nitrogens with one attached hydrogen (secondary N) is 2. The lowest BCUT2D eigenvalue weighted by atomic mass is 10.0. The van der Waals surface area contributed by atoms with Gasteiger partial charge in [-0.05, 0) is 165 Å². The van der Waals surface area contributed by atoms with E-state index in [9.17, 15) is 20.4 Å². The standard InChI is InChI=1S/C84H54N12O4/c97-73-45-25-49-9-1-5-13-61(49)81(73)93-89-57-29-17-53(18-30-57)77-65-37-39-67(85-65)78(54-19-31-58(32-20-54)90-94-82-62-14-6-2-10-50(62)26-46-74(82)98)69-41-43-71(87-69)80(56-23-35-60(36-24-56)92-96-84-64-16-8-4-12-52(64)28-48-76(84)100)72-44-42-70(88-72)79(68-40-38-66(77)86-68)55-21-33-59(34-22-55)91-95-83-63-15-7-3-11-51(63)27-47-75(83)99/h1-48,85,88,97-100H. The van der Waals surface area contributed by atoms with Gasteiger partial charge in [-0.1, -0.05) is 170 Å². The molecule has 474 valence electrons. The molecule has 100 heavy (non-hydrogen) atoms. The highest BCUT2D eigenvalue weighted by atomic mass is 16.3. The van der Waals surface area contributed by atoms with Crippen LogP contribution < -0.4 is 0 Å². The van der Waals surface area contributed by atoms with Crippen LogP contribution in [0.1, 0.15) is 22.8 Å². The van der Waals surface area contributed by atoms with E-state index in [1.54, 1.807) is 24.3 Å². The second-order valence-electron chi connectivity index (χ2n) is 24.1. The van der Waals surface area contributed by atoms with E-state index in [0.29, 0.717) is 68.3 Å². The summed E-state index contributed by atoms with van der Waals surface area (Å²) in [6.45, 7) is 0. The molecule has 0 amide bonds. The third-order valence-corrected chi connectivity index (χ3v) is 18.0. The number of hydrogen-bond donors (Lipinski definition) is 6. The molecular formula is C84H54N12O4. The quantitative estimate of drug-likeness (QED) is 0.0650. The molecule has 12 aromatic carbocycles. The summed E-state index contributed by atoms with van der Waals surface area (Å²) in [5, 5.41) is 87.5. The SMILES string of the molecule is Oc1ccc2ccccc2c1N=Nc1ccc(-c2c3nc(c(-c4ccc(N=Nc5c(O)ccc6ccccc56)cc4)c4ccc([nH]4)c(-c4ccc(N=Nc5c(O)ccc6ccccc56)cc4)c4nc(c(-c5ccc(N=Nc6c(O)ccc7ccccc67)cc5)c5ccc2[nH]5)C=C4)C=C3)cc1. The lowest BCUT2D eigenvalue weighted by Gasteiger charge is -2.08. The summed E-state index contributed by atoms with van der Waals surface area (Å²) >= 11 is 0. The second kappa shape index (κ2) is 25.2. The van der Waals surface area contributed by atoms with Crippen LogP contribution in [0.15, 0.2) is 308 Å². The van der Waals surface area contributed by atoms with Gasteiger partial charge in [0.25, 0.3) is 0 Å². The molecule has 2 aliphatic rings. The Morgan fingerprint density at radius 3 is 0.670 bits per heavy atom. The van der Waals surface area contributed by atoms with Crippen molar-refractivity contribution in [3.63, 3.8) is 0 Å². The number of benzene rings is 12. The first-order valence-corrected chi connectivity index (χ1v) is 32.3. The van der Waals surface area contributed by atoms with Crippen LogP contribution in [0.2, 0.25) is 0 Å². The van der Waals surface area contributed by atoms with Gasteiger partial charge in [0, 0.05) is 65.9 Å². The molecule has 0 unspecified atom stereocenters. The zero-order valence-electron chi connectivity index (χ0n) is 53.0. The van der Waals surface area contributed by atoms with Gasteiger partial charge in [0.2, 0.25) is 0 Å². The van der Waals surface area contributed by atoms with Crippen LogP contribution in [0, 0.1) is 0 Å². The number of phenols is 4. The van der Waals surface area contributed by atoms with Gasteiger partial charge in [0.1, 0.15) is 45.7 Å². The summed E-state index contributed by atoms with van der Waals surface area (Å²) in [7, 11) is 0. The number of H-pyrrole nitrogens is 2. The molecule has 0 saturated carbocycles. The third-order valence-electron chi connectivity index (χ3n) is 18.0. The molecule has 0 fully saturated rings. The van der Waals surface area contributed by atoms with Crippen molar-refractivity contribution in [2.75, 3.05) is 0 Å². The minimum Gasteiger partial charge on any atom is -0.506 e. The van der Waals surface area contributed by atoms with Crippen molar-refractivity contribution in [1.29, 1.82) is 0 Å². The Balaban J connectivity index is 0.852. The van der Waals surface area contributed by atoms with Crippen LogP contribution in [-0.4, -0.2) is 40.4 Å². The van der Waals surface area contributed by atoms with Crippen LogP contribution in [0.25, 0.3) is 134 Å². The molecule has 17 rings (SSSR count). The molecule has 15 aromatic rings. The van der Waals surface area contributed by atoms with Crippen molar-refractivity contribution in [2.45, 2.75) is 0 Å². The van der Waals surface area contributed by atoms with Crippen molar-refractivity contribution in [3.8, 4) is 67.5 Å². The van der Waals surface area contributed by atoms with Gasteiger partial charge >= 0.3 is 0 Å². The fourth-order valence-corrected chi connectivity index (χ4v) is 13.0. The molecule has 0 atom stereocenters. The Bertz CT molecular complexity index is 5450. The van der Waals surface area contributed by atoms with E-state index in [4.69, 9.17) is 9.97 Å². The number of nitrogens with zero attached hydrogens (tertiary/aromatic N) is 10. The molecule has 6 N–H and O–H groups in total. The maximum Gasteiger partial charge on any atom is 0.143 e. The minimum absolute atomic E-state index is 0.0290. The number of fused-ring (bicyclic) bond motifs is 12. The first kappa shape index (κ1) is 59.6. The van der Waals surface area contributed by atoms with Gasteiger partial charge in [-0.25, -0.2) is 9.97 Å². The van der Waals surface area contributed by atoms with E-state index in [1.165, 1.54) is 0 Å². The highest BCUT2D eigenvalue weighted by Gasteiger charge is 2.21. The number of aromatic nitrogens is 4. The minimum atomic E-state index is 0.0290. The zero-order valence-corrected chi connectivity index (χ0v) is 53.0. The number of aromatic amines is 2. The molecule has 5 heterocycles. The third kappa shape index (κ3) is 11.3. The molecule has 0 aliphatic carbocycles. The monoisotopic (exact) mass is 1290 g/mol. The molecule has 2 aliphatic heterocycles. The molecular weight excluding hydrogens is 1240 g/mol. The fourth-order valence-electron chi connectivity index (χ4n) is 13.0. The summed E-state index contributed by atoms with van der Waals surface area (Å²) in [5.74, 6) is 0.116. The summed E-state index contributed by atoms with van der Waals surface area (Å²) in [6, 6.07) is 84.3. The topological polar surface area (TPSA) is 237 Å². The first-order valence-electron chi connectivity index (χ1n) is 32.3. The largest absolute Gasteiger partial charge is 0.506 e. The molecule has 16 heteroatoms. The second-order valence-corrected chi connectivity index (χ2v) is 24.1. The van der Waals surface area contributed by atoms with E-state index in [0.717, 1.165) is 110 Å². The van der Waals surface area contributed by atoms with Gasteiger partial charge in [0.15, 0.2) is 0 Å². The molecule has 0 saturated heterocycles. The summed E-state index contributed by atoms with van der Waals surface area (Å²) < 4.78 is 0. The highest BCUT2D eigenvalue weighted by Crippen LogP contribution is 2.44. The average Bonchev–Trinajstić information content (AvgIpc) is 1.60. The van der Waals surface area contributed by atoms with Gasteiger partial charge in [-0.3, -0.25) is 0 Å². The van der Waals surface area contributed by atoms with E-state index in [-0.39, 0.29) is 23.0 Å². The number of aromatic hydroxyl groups is 4. The molecule has 0 radical (unpaired) electrons. The Hall–Kier alpha value is -14.1. The van der Waals surface area contributed by atoms with Gasteiger partial charge in [-0.15, -0.1) is 20.5 Å².